The molecule has 28 heavy (non-hydrogen) atoms. The van der Waals surface area contributed by atoms with Crippen molar-refractivity contribution < 1.29 is 19.5 Å². The first-order valence-electron chi connectivity index (χ1n) is 8.56. The van der Waals surface area contributed by atoms with Gasteiger partial charge in [-0.2, -0.15) is 5.10 Å². The second-order valence-corrected chi connectivity index (χ2v) is 6.11. The molecule has 0 aliphatic heterocycles. The highest BCUT2D eigenvalue weighted by molar-refractivity contribution is 6.44. The number of carboxylic acids is 1. The molecule has 0 saturated carbocycles. The number of carboxylic acid groups (broad SMARTS) is 1. The third-order valence-corrected chi connectivity index (χ3v) is 4.25. The number of aryl methyl sites for hydroxylation is 1. The van der Waals surface area contributed by atoms with E-state index in [-0.39, 0.29) is 28.3 Å². The minimum Gasteiger partial charge on any atom is -0.476 e. The standard InChI is InChI=1S/C21H19N3O4/c1-24-15(12-14-8-4-3-5-9-14)13-18(22-24)20(25)17-11-7-6-10-16(17)19(21(26)27)23-28-2/h3-11,13H,12H2,1-2H3,(H,26,27). The first kappa shape index (κ1) is 19.0. The Hall–Kier alpha value is -3.74. The van der Waals surface area contributed by atoms with Gasteiger partial charge in [0.15, 0.2) is 5.71 Å². The van der Waals surface area contributed by atoms with E-state index >= 15 is 0 Å². The molecule has 1 heterocycles. The molecule has 3 aromatic rings. The molecular weight excluding hydrogens is 358 g/mol. The van der Waals surface area contributed by atoms with Crippen LogP contribution in [0.3, 0.4) is 0 Å². The van der Waals surface area contributed by atoms with Gasteiger partial charge in [-0.15, -0.1) is 0 Å². The number of benzene rings is 2. The van der Waals surface area contributed by atoms with E-state index in [2.05, 4.69) is 15.1 Å². The predicted molar refractivity (Wildman–Crippen MR) is 104 cm³/mol. The minimum atomic E-state index is -1.28. The molecule has 2 aromatic carbocycles. The summed E-state index contributed by atoms with van der Waals surface area (Å²) in [5.41, 5.74) is 2.25. The molecule has 0 bridgehead atoms. The highest BCUT2D eigenvalue weighted by Gasteiger charge is 2.23. The number of ketones is 1. The number of aliphatic carboxylic acids is 1. The zero-order valence-electron chi connectivity index (χ0n) is 15.5. The van der Waals surface area contributed by atoms with Crippen LogP contribution in [0.15, 0.2) is 65.8 Å². The van der Waals surface area contributed by atoms with Crippen molar-refractivity contribution in [1.29, 1.82) is 0 Å². The van der Waals surface area contributed by atoms with Gasteiger partial charge < -0.3 is 9.94 Å². The summed E-state index contributed by atoms with van der Waals surface area (Å²) in [6, 6.07) is 18.0. The Labute approximate surface area is 161 Å². The second kappa shape index (κ2) is 8.30. The van der Waals surface area contributed by atoms with Gasteiger partial charge in [0.05, 0.1) is 0 Å². The lowest BCUT2D eigenvalue weighted by molar-refractivity contribution is -0.129. The van der Waals surface area contributed by atoms with Crippen LogP contribution in [-0.2, 0) is 23.1 Å². The van der Waals surface area contributed by atoms with Gasteiger partial charge in [-0.05, 0) is 11.6 Å². The van der Waals surface area contributed by atoms with Crippen molar-refractivity contribution in [3.05, 3.63) is 88.7 Å². The lowest BCUT2D eigenvalue weighted by Gasteiger charge is -2.06. The fourth-order valence-electron chi connectivity index (χ4n) is 2.91. The van der Waals surface area contributed by atoms with Gasteiger partial charge in [-0.1, -0.05) is 59.8 Å². The number of hydrogen-bond acceptors (Lipinski definition) is 5. The molecule has 0 saturated heterocycles. The van der Waals surface area contributed by atoms with Gasteiger partial charge in [-0.3, -0.25) is 9.48 Å². The lowest BCUT2D eigenvalue weighted by Crippen LogP contribution is -2.19. The van der Waals surface area contributed by atoms with Crippen molar-refractivity contribution in [2.75, 3.05) is 7.11 Å². The number of nitrogens with zero attached hydrogens (tertiary/aromatic N) is 3. The molecule has 0 aliphatic rings. The Kier molecular flexibility index (Phi) is 5.64. The van der Waals surface area contributed by atoms with Crippen LogP contribution in [0, 0.1) is 0 Å². The molecule has 0 fully saturated rings. The zero-order valence-corrected chi connectivity index (χ0v) is 15.5. The minimum absolute atomic E-state index is 0.178. The van der Waals surface area contributed by atoms with Crippen LogP contribution in [0.4, 0.5) is 0 Å². The molecule has 0 atom stereocenters. The third-order valence-electron chi connectivity index (χ3n) is 4.25. The summed E-state index contributed by atoms with van der Waals surface area (Å²) in [6.45, 7) is 0. The third kappa shape index (κ3) is 3.98. The number of aromatic nitrogens is 2. The first-order valence-corrected chi connectivity index (χ1v) is 8.56. The fourth-order valence-corrected chi connectivity index (χ4v) is 2.91. The summed E-state index contributed by atoms with van der Waals surface area (Å²) < 4.78 is 1.66. The molecule has 0 aliphatic carbocycles. The highest BCUT2D eigenvalue weighted by atomic mass is 16.6. The Morgan fingerprint density at radius 2 is 1.71 bits per heavy atom. The summed E-state index contributed by atoms with van der Waals surface area (Å²) in [5, 5.41) is 17.3. The van der Waals surface area contributed by atoms with E-state index in [1.54, 1.807) is 36.0 Å². The molecule has 0 unspecified atom stereocenters. The normalized spacial score (nSPS) is 11.3. The fraction of sp³-hybridized carbons (Fsp3) is 0.143. The summed E-state index contributed by atoms with van der Waals surface area (Å²) in [6.07, 6.45) is 0.630. The number of rotatable bonds is 7. The van der Waals surface area contributed by atoms with E-state index in [0.717, 1.165) is 11.3 Å². The van der Waals surface area contributed by atoms with Crippen molar-refractivity contribution >= 4 is 17.5 Å². The molecule has 0 spiro atoms. The van der Waals surface area contributed by atoms with E-state index < -0.39 is 5.97 Å². The molecule has 142 valence electrons. The van der Waals surface area contributed by atoms with Crippen molar-refractivity contribution in [3.8, 4) is 0 Å². The van der Waals surface area contributed by atoms with Crippen LogP contribution in [0.5, 0.6) is 0 Å². The lowest BCUT2D eigenvalue weighted by atomic mass is 9.98. The van der Waals surface area contributed by atoms with Crippen LogP contribution in [0.1, 0.15) is 32.9 Å². The molecule has 1 aromatic heterocycles. The Morgan fingerprint density at radius 3 is 2.36 bits per heavy atom. The smallest absolute Gasteiger partial charge is 0.358 e. The number of hydrogen-bond donors (Lipinski definition) is 1. The van der Waals surface area contributed by atoms with Crippen molar-refractivity contribution in [1.82, 2.24) is 9.78 Å². The van der Waals surface area contributed by atoms with Gasteiger partial charge >= 0.3 is 5.97 Å². The largest absolute Gasteiger partial charge is 0.476 e. The van der Waals surface area contributed by atoms with Crippen LogP contribution in [0.25, 0.3) is 0 Å². The van der Waals surface area contributed by atoms with Crippen LogP contribution < -0.4 is 0 Å². The molecular formula is C21H19N3O4. The maximum absolute atomic E-state index is 13.1. The predicted octanol–water partition coefficient (Wildman–Crippen LogP) is 2.68. The van der Waals surface area contributed by atoms with Crippen molar-refractivity contribution in [2.45, 2.75) is 6.42 Å². The Morgan fingerprint density at radius 1 is 1.07 bits per heavy atom. The average Bonchev–Trinajstić information content (AvgIpc) is 3.06. The van der Waals surface area contributed by atoms with Gasteiger partial charge in [-0.25, -0.2) is 4.79 Å². The summed E-state index contributed by atoms with van der Waals surface area (Å²) in [4.78, 5) is 29.2. The molecule has 7 nitrogen and oxygen atoms in total. The maximum atomic E-state index is 13.1. The topological polar surface area (TPSA) is 93.8 Å². The van der Waals surface area contributed by atoms with Gasteiger partial charge in [0.25, 0.3) is 0 Å². The quantitative estimate of drug-likeness (QED) is 0.388. The molecule has 7 heteroatoms. The molecule has 1 N–H and O–H groups in total. The number of carbonyl (C=O) groups is 2. The SMILES string of the molecule is CON=C(C(=O)O)c1ccccc1C(=O)c1cc(Cc2ccccc2)n(C)n1. The number of oxime groups is 1. The second-order valence-electron chi connectivity index (χ2n) is 6.11. The Balaban J connectivity index is 1.97. The average molecular weight is 377 g/mol. The Bertz CT molecular complexity index is 1040. The van der Waals surface area contributed by atoms with E-state index in [0.29, 0.717) is 6.42 Å². The van der Waals surface area contributed by atoms with E-state index in [1.807, 2.05) is 30.3 Å². The van der Waals surface area contributed by atoms with E-state index in [4.69, 9.17) is 0 Å². The van der Waals surface area contributed by atoms with E-state index in [9.17, 15) is 14.7 Å². The molecule has 3 rings (SSSR count). The molecule has 0 amide bonds. The number of carbonyl (C=O) groups excluding carboxylic acids is 1. The van der Waals surface area contributed by atoms with Crippen molar-refractivity contribution in [2.24, 2.45) is 12.2 Å². The van der Waals surface area contributed by atoms with Crippen molar-refractivity contribution in [3.63, 3.8) is 0 Å². The van der Waals surface area contributed by atoms with Gasteiger partial charge in [0.2, 0.25) is 5.78 Å². The maximum Gasteiger partial charge on any atom is 0.358 e. The summed E-state index contributed by atoms with van der Waals surface area (Å²) >= 11 is 0. The summed E-state index contributed by atoms with van der Waals surface area (Å²) in [5.74, 6) is -1.66. The van der Waals surface area contributed by atoms with Crippen LogP contribution in [-0.4, -0.2) is 39.5 Å². The van der Waals surface area contributed by atoms with E-state index in [1.165, 1.54) is 13.2 Å². The monoisotopic (exact) mass is 377 g/mol. The highest BCUT2D eigenvalue weighted by Crippen LogP contribution is 2.18. The van der Waals surface area contributed by atoms with Crippen LogP contribution in [0.2, 0.25) is 0 Å². The van der Waals surface area contributed by atoms with Gasteiger partial charge in [0, 0.05) is 30.3 Å². The zero-order chi connectivity index (χ0) is 20.1. The molecule has 0 radical (unpaired) electrons. The first-order chi connectivity index (χ1) is 13.5. The summed E-state index contributed by atoms with van der Waals surface area (Å²) in [7, 11) is 3.03. The van der Waals surface area contributed by atoms with Gasteiger partial charge in [0.1, 0.15) is 12.8 Å². The van der Waals surface area contributed by atoms with Crippen LogP contribution >= 0.6 is 0 Å².